The van der Waals surface area contributed by atoms with E-state index in [1.165, 1.54) is 0 Å². The summed E-state index contributed by atoms with van der Waals surface area (Å²) in [5.74, 6) is 0. The van der Waals surface area contributed by atoms with Gasteiger partial charge in [0, 0.05) is 77.6 Å². The minimum atomic E-state index is -5.78. The maximum atomic E-state index is 9.66. The molecule has 0 unspecified atom stereocenters. The van der Waals surface area contributed by atoms with Gasteiger partial charge in [-0.25, -0.2) is 0 Å². The predicted octanol–water partition coefficient (Wildman–Crippen LogP) is 24.2. The van der Waals surface area contributed by atoms with Crippen LogP contribution in [0.15, 0.2) is 0 Å². The molecule has 125 heavy (non-hydrogen) atoms. The third kappa shape index (κ3) is 16.1. The van der Waals surface area contributed by atoms with Crippen LogP contribution in [0.4, 0.5) is 0 Å². The molecule has 25 nitrogen and oxygen atoms in total. The Labute approximate surface area is 765 Å². The zero-order valence-corrected chi connectivity index (χ0v) is 91.8. The van der Waals surface area contributed by atoms with Gasteiger partial charge in [-0.05, 0) is 180 Å². The summed E-state index contributed by atoms with van der Waals surface area (Å²) in [4.78, 5) is 0. The summed E-state index contributed by atoms with van der Waals surface area (Å²) < 4.78 is 236. The van der Waals surface area contributed by atoms with Crippen molar-refractivity contribution in [2.24, 2.45) is 0 Å². The van der Waals surface area contributed by atoms with Gasteiger partial charge in [-0.1, -0.05) is 270 Å². The van der Waals surface area contributed by atoms with Gasteiger partial charge in [-0.3, -0.25) is 0 Å². The Hall–Kier alpha value is 2.47. The Kier molecular flexibility index (Phi) is 25.9. The van der Waals surface area contributed by atoms with E-state index in [9.17, 15) is 103 Å². The van der Waals surface area contributed by atoms with Gasteiger partial charge in [0.1, 0.15) is 0 Å². The van der Waals surface area contributed by atoms with Crippen LogP contribution in [-0.4, -0.2) is 141 Å². The Bertz CT molecular complexity index is 3100. The molecule has 41 heteroatoms. The first kappa shape index (κ1) is 90.1. The van der Waals surface area contributed by atoms with Crippen molar-refractivity contribution in [1.29, 1.82) is 0 Å². The van der Waals surface area contributed by atoms with Crippen molar-refractivity contribution < 1.29 is 103 Å². The summed E-state index contributed by atoms with van der Waals surface area (Å²) in [6.45, 7) is 0. The molecule has 26 fully saturated rings. The second kappa shape index (κ2) is 35.9. The van der Waals surface area contributed by atoms with Crippen molar-refractivity contribution in [3.8, 4) is 0 Å². The third-order valence-corrected chi connectivity index (χ3v) is 114. The minimum Gasteiger partial charge on any atom is -0.373 e. The van der Waals surface area contributed by atoms with E-state index < -0.39 is 141 Å². The maximum Gasteiger partial charge on any atom is 0.651 e. The fourth-order valence-corrected chi connectivity index (χ4v) is 141. The Morgan fingerprint density at radius 1 is 0.0960 bits per heavy atom. The molecule has 0 aromatic heterocycles. The smallest absolute Gasteiger partial charge is 0.373 e. The van der Waals surface area contributed by atoms with Crippen LogP contribution in [-0.2, 0) is 103 Å². The van der Waals surface area contributed by atoms with E-state index in [4.69, 9.17) is 0 Å². The van der Waals surface area contributed by atoms with E-state index in [1.807, 2.05) is 0 Å². The van der Waals surface area contributed by atoms with E-state index in [0.29, 0.717) is 0 Å². The van der Waals surface area contributed by atoms with Crippen LogP contribution < -0.4 is 0 Å². The van der Waals surface area contributed by atoms with Crippen LogP contribution in [0.5, 0.6) is 0 Å². The second-order valence-corrected chi connectivity index (χ2v) is 95.4. The van der Waals surface area contributed by atoms with Gasteiger partial charge in [0.15, 0.2) is 0 Å². The lowest BCUT2D eigenvalue weighted by Gasteiger charge is -2.68. The molecule has 0 aromatic rings. The third-order valence-electron chi connectivity index (χ3n) is 36.4. The molecule has 26 rings (SSSR count). The van der Waals surface area contributed by atoms with Gasteiger partial charge < -0.3 is 103 Å². The molecule has 704 valence electrons. The topological polar surface area (TPSA) is 231 Å². The summed E-state index contributed by atoms with van der Waals surface area (Å²) in [6, 6.07) is 0. The van der Waals surface area contributed by atoms with Crippen molar-refractivity contribution in [1.82, 2.24) is 0 Å². The highest BCUT2D eigenvalue weighted by molar-refractivity contribution is 7.08. The number of rotatable bonds is 16. The van der Waals surface area contributed by atoms with E-state index in [2.05, 4.69) is 0 Å². The van der Waals surface area contributed by atoms with Gasteiger partial charge in [0.05, 0.1) is 0 Å². The summed E-state index contributed by atoms with van der Waals surface area (Å²) in [7, 11) is -76.6. The van der Waals surface area contributed by atoms with Crippen molar-refractivity contribution in [3.05, 3.63) is 0 Å². The van der Waals surface area contributed by atoms with Gasteiger partial charge in [-0.2, -0.15) is 0 Å². The van der Waals surface area contributed by atoms with Gasteiger partial charge >= 0.3 is 141 Å². The zero-order valence-electron chi connectivity index (χ0n) is 75.8. The largest absolute Gasteiger partial charge is 0.651 e. The Balaban J connectivity index is 0.822. The molecule has 12 aliphatic heterocycles. The normalized spacial score (nSPS) is 48.8. The van der Waals surface area contributed by atoms with E-state index in [0.717, 1.165) is 449 Å². The fraction of sp³-hybridized carbons (Fsp3) is 1.00. The SMILES string of the molecule is C1CCC([Si]23O[Si]4(O[Si]56O[Si]7(C8CCCCC8)O[Si]8(C9CCCCC9)O[Si](C9CCCCC9)(O5)O[Si]5(C9CCCCC9)O[Si](C9CCCCC9)(O6)O[Si](C6CCCCC6)(O7)O[Si](C6CCCCC6)(O8)O5)O[Si]5(C6CCCCC6)O[Si](C6CCCCC6)(O2)O[Si]2(C6CCCCC6)O[Si](C6CCCCC6)(O3)O[Si](C3CCCCC3)(O4)O[Si](C3CCCCC3)(O5)O2)CC1. The van der Waals surface area contributed by atoms with Crippen LogP contribution in [0.1, 0.15) is 449 Å². The minimum absolute atomic E-state index is 0.0956. The standard InChI is InChI=1S/C84H154O25Si16/c1-15-43-71(44-16-1)110-85-112(73-47-19-3-20-48-73)91-118(79-59-31-9-32-60-79)93-113(86-110,74-49-21-4-22-50-74)95-120(81-63-35-11-36-64-81)96-114(87-110,75-51-23-5-24-52-75)94-119(92-112,80-61-33-10-34-62-80)104-124(103-118,105-120)109-125-106-121(82-65-37-12-38-66-82)97-115(76-53-25-6-26-54-76)88-111(72-45-17-2-18-46-72)89-116(99-121,77-55-27-7-28-56-77)101-123(108-125,84-69-41-14-42-70-84)102-117(90-111,78-57-29-8-30-58-78)100-122(98-115,107-125)83-67-39-13-40-68-83/h71-84H,1-70H2. The molecule has 0 radical (unpaired) electrons. The lowest BCUT2D eigenvalue weighted by atomic mass is 10.0. The number of hydrogen-bond donors (Lipinski definition) is 0. The average molecular weight is 2010 g/mol. The van der Waals surface area contributed by atoms with Crippen molar-refractivity contribution >= 4 is 141 Å². The predicted molar refractivity (Wildman–Crippen MR) is 495 cm³/mol. The van der Waals surface area contributed by atoms with Crippen LogP contribution in [0.2, 0.25) is 77.6 Å². The van der Waals surface area contributed by atoms with Gasteiger partial charge in [0.2, 0.25) is 0 Å². The quantitative estimate of drug-likeness (QED) is 0.131. The lowest BCUT2D eigenvalue weighted by molar-refractivity contribution is -0.0876. The molecule has 14 aliphatic carbocycles. The van der Waals surface area contributed by atoms with E-state index in [-0.39, 0.29) is 77.6 Å². The highest BCUT2D eigenvalue weighted by atomic mass is 28.7. The second-order valence-electron chi connectivity index (χ2n) is 44.7. The van der Waals surface area contributed by atoms with Crippen LogP contribution in [0.3, 0.4) is 0 Å². The van der Waals surface area contributed by atoms with E-state index in [1.54, 1.807) is 0 Å². The molecule has 16 bridgehead atoms. The molecule has 0 N–H and O–H groups in total. The van der Waals surface area contributed by atoms with Crippen LogP contribution in [0, 0.1) is 0 Å². The van der Waals surface area contributed by atoms with Crippen molar-refractivity contribution in [2.75, 3.05) is 0 Å². The molecule has 0 amide bonds. The molecular weight excluding hydrogens is 1860 g/mol. The van der Waals surface area contributed by atoms with E-state index >= 15 is 0 Å². The van der Waals surface area contributed by atoms with Crippen LogP contribution >= 0.6 is 0 Å². The first-order chi connectivity index (χ1) is 61.2. The summed E-state index contributed by atoms with van der Waals surface area (Å²) in [5, 5.41) is 0. The Morgan fingerprint density at radius 3 is 0.248 bits per heavy atom. The summed E-state index contributed by atoms with van der Waals surface area (Å²) >= 11 is 0. The fourth-order valence-electron chi connectivity index (χ4n) is 29.8. The molecule has 12 heterocycles. The van der Waals surface area contributed by atoms with Crippen molar-refractivity contribution in [2.45, 2.75) is 527 Å². The highest BCUT2D eigenvalue weighted by Crippen LogP contribution is 2.71. The first-order valence-electron chi connectivity index (χ1n) is 53.7. The maximum absolute atomic E-state index is 9.66. The average Bonchev–Trinajstić information content (AvgIpc) is 0.664. The van der Waals surface area contributed by atoms with Crippen molar-refractivity contribution in [3.63, 3.8) is 0 Å². The highest BCUT2D eigenvalue weighted by Gasteiger charge is 2.95. The zero-order chi connectivity index (χ0) is 83.3. The lowest BCUT2D eigenvalue weighted by Crippen LogP contribution is -2.93. The summed E-state index contributed by atoms with van der Waals surface area (Å²) in [5.41, 5.74) is -3.07. The molecule has 0 spiro atoms. The van der Waals surface area contributed by atoms with Crippen LogP contribution in [0.25, 0.3) is 0 Å². The molecule has 12 saturated heterocycles. The summed E-state index contributed by atoms with van der Waals surface area (Å²) in [6.07, 6.45) is 66.4. The van der Waals surface area contributed by atoms with Gasteiger partial charge in [-0.15, -0.1) is 0 Å². The van der Waals surface area contributed by atoms with Gasteiger partial charge in [0.25, 0.3) is 0 Å². The molecule has 0 atom stereocenters. The molecule has 26 aliphatic rings. The molecule has 0 aromatic carbocycles. The Morgan fingerprint density at radius 2 is 0.168 bits per heavy atom. The number of hydrogen-bond acceptors (Lipinski definition) is 25. The molecular formula is C84H154O25Si16. The first-order valence-corrected chi connectivity index (χ1v) is 82.2. The molecule has 14 saturated carbocycles. The monoisotopic (exact) mass is 2010 g/mol.